The van der Waals surface area contributed by atoms with Crippen molar-refractivity contribution in [3.05, 3.63) is 35.9 Å². The van der Waals surface area contributed by atoms with E-state index in [4.69, 9.17) is 9.47 Å². The highest BCUT2D eigenvalue weighted by molar-refractivity contribution is 5.76. The molecule has 1 aromatic rings. The van der Waals surface area contributed by atoms with Crippen molar-refractivity contribution in [1.82, 2.24) is 20.0 Å². The van der Waals surface area contributed by atoms with E-state index in [2.05, 4.69) is 5.32 Å². The molecule has 2 aliphatic rings. The van der Waals surface area contributed by atoms with Crippen LogP contribution in [-0.4, -0.2) is 83.8 Å². The van der Waals surface area contributed by atoms with E-state index < -0.39 is 11.7 Å². The van der Waals surface area contributed by atoms with Gasteiger partial charge in [-0.1, -0.05) is 30.3 Å². The Kier molecular flexibility index (Phi) is 7.25. The van der Waals surface area contributed by atoms with E-state index in [9.17, 15) is 14.4 Å². The van der Waals surface area contributed by atoms with E-state index in [0.29, 0.717) is 45.7 Å². The summed E-state index contributed by atoms with van der Waals surface area (Å²) in [5, 5.41) is 2.83. The van der Waals surface area contributed by atoms with E-state index >= 15 is 0 Å². The van der Waals surface area contributed by atoms with E-state index in [1.165, 1.54) is 0 Å². The van der Waals surface area contributed by atoms with Gasteiger partial charge in [-0.15, -0.1) is 0 Å². The maximum absolute atomic E-state index is 12.8. The molecule has 2 fully saturated rings. The quantitative estimate of drug-likeness (QED) is 0.793. The molecule has 2 aliphatic heterocycles. The number of hydrogen-bond donors (Lipinski definition) is 1. The molecule has 0 aliphatic carbocycles. The number of nitrogens with one attached hydrogen (secondary N) is 1. The summed E-state index contributed by atoms with van der Waals surface area (Å²) in [6.45, 7) is 8.50. The molecule has 9 heteroatoms. The average molecular weight is 433 g/mol. The van der Waals surface area contributed by atoms with Gasteiger partial charge in [0.15, 0.2) is 0 Å². The highest BCUT2D eigenvalue weighted by Gasteiger charge is 2.33. The van der Waals surface area contributed by atoms with Crippen LogP contribution in [0.3, 0.4) is 0 Å². The van der Waals surface area contributed by atoms with Gasteiger partial charge in [-0.2, -0.15) is 0 Å². The van der Waals surface area contributed by atoms with Crippen LogP contribution in [0.5, 0.6) is 0 Å². The van der Waals surface area contributed by atoms with Crippen molar-refractivity contribution < 1.29 is 23.9 Å². The second-order valence-electron chi connectivity index (χ2n) is 8.87. The largest absolute Gasteiger partial charge is 0.445 e. The van der Waals surface area contributed by atoms with Crippen LogP contribution in [-0.2, 0) is 16.1 Å². The number of amides is 4. The summed E-state index contributed by atoms with van der Waals surface area (Å²) in [7, 11) is 0. The molecule has 0 radical (unpaired) electrons. The predicted octanol–water partition coefficient (Wildman–Crippen LogP) is 2.66. The van der Waals surface area contributed by atoms with Gasteiger partial charge in [0.1, 0.15) is 12.2 Å². The fourth-order valence-corrected chi connectivity index (χ4v) is 3.62. The second kappa shape index (κ2) is 9.89. The first-order chi connectivity index (χ1) is 14.7. The standard InChI is InChI=1S/C22H32N4O5/c1-22(2,3)31-19(27)23-18-9-10-26(15-18)20(28)24-11-13-25(14-12-24)21(29)30-16-17-7-5-4-6-8-17/h4-8,18H,9-16H2,1-3H3,(H,23,27)/t18-/m1/s1. The average Bonchev–Trinajstić information content (AvgIpc) is 3.19. The molecule has 4 amide bonds. The minimum absolute atomic E-state index is 0.0641. The third-order valence-corrected chi connectivity index (χ3v) is 5.19. The minimum atomic E-state index is -0.555. The first-order valence-corrected chi connectivity index (χ1v) is 10.7. The second-order valence-corrected chi connectivity index (χ2v) is 8.87. The third kappa shape index (κ3) is 6.77. The number of carbonyl (C=O) groups excluding carboxylic acids is 3. The van der Waals surface area contributed by atoms with Gasteiger partial charge in [-0.3, -0.25) is 0 Å². The van der Waals surface area contributed by atoms with Crippen molar-refractivity contribution in [2.24, 2.45) is 0 Å². The number of benzene rings is 1. The number of ether oxygens (including phenoxy) is 2. The maximum atomic E-state index is 12.8. The molecule has 1 N–H and O–H groups in total. The van der Waals surface area contributed by atoms with Crippen molar-refractivity contribution in [2.45, 2.75) is 45.4 Å². The smallest absolute Gasteiger partial charge is 0.410 e. The van der Waals surface area contributed by atoms with Crippen LogP contribution >= 0.6 is 0 Å². The molecule has 0 bridgehead atoms. The summed E-state index contributed by atoms with van der Waals surface area (Å²) in [4.78, 5) is 42.2. The number of hydrogen-bond acceptors (Lipinski definition) is 5. The normalized spacial score (nSPS) is 19.2. The Hall–Kier alpha value is -2.97. The van der Waals surface area contributed by atoms with E-state index in [-0.39, 0.29) is 24.8 Å². The molecule has 1 atom stereocenters. The molecule has 1 aromatic carbocycles. The van der Waals surface area contributed by atoms with Gasteiger partial charge in [-0.05, 0) is 32.8 Å². The van der Waals surface area contributed by atoms with E-state index in [0.717, 1.165) is 5.56 Å². The zero-order valence-electron chi connectivity index (χ0n) is 18.5. The summed E-state index contributed by atoms with van der Waals surface area (Å²) in [5.41, 5.74) is 0.383. The third-order valence-electron chi connectivity index (χ3n) is 5.19. The highest BCUT2D eigenvalue weighted by atomic mass is 16.6. The van der Waals surface area contributed by atoms with Crippen LogP contribution in [0.4, 0.5) is 14.4 Å². The van der Waals surface area contributed by atoms with Crippen LogP contribution in [0.2, 0.25) is 0 Å². The fraction of sp³-hybridized carbons (Fsp3) is 0.591. The maximum Gasteiger partial charge on any atom is 0.410 e. The molecule has 0 saturated carbocycles. The van der Waals surface area contributed by atoms with Crippen molar-refractivity contribution in [3.63, 3.8) is 0 Å². The van der Waals surface area contributed by atoms with E-state index in [1.54, 1.807) is 14.7 Å². The van der Waals surface area contributed by atoms with Gasteiger partial charge in [-0.25, -0.2) is 14.4 Å². The van der Waals surface area contributed by atoms with Gasteiger partial charge in [0.25, 0.3) is 0 Å². The summed E-state index contributed by atoms with van der Waals surface area (Å²) < 4.78 is 10.7. The van der Waals surface area contributed by atoms with Crippen molar-refractivity contribution >= 4 is 18.2 Å². The van der Waals surface area contributed by atoms with Crippen LogP contribution in [0.25, 0.3) is 0 Å². The SMILES string of the molecule is CC(C)(C)OC(=O)N[C@@H]1CCN(C(=O)N2CCN(C(=O)OCc3ccccc3)CC2)C1. The lowest BCUT2D eigenvalue weighted by Gasteiger charge is -2.36. The molecule has 3 rings (SSSR count). The number of piperazine rings is 1. The molecule has 31 heavy (non-hydrogen) atoms. The van der Waals surface area contributed by atoms with Crippen LogP contribution in [0, 0.1) is 0 Å². The summed E-state index contributed by atoms with van der Waals surface area (Å²) in [6, 6.07) is 9.35. The molecule has 2 saturated heterocycles. The van der Waals surface area contributed by atoms with Gasteiger partial charge in [0.2, 0.25) is 0 Å². The van der Waals surface area contributed by atoms with Gasteiger partial charge in [0, 0.05) is 39.3 Å². The summed E-state index contributed by atoms with van der Waals surface area (Å²) >= 11 is 0. The lowest BCUT2D eigenvalue weighted by molar-refractivity contribution is 0.0505. The molecule has 0 spiro atoms. The van der Waals surface area contributed by atoms with Crippen molar-refractivity contribution in [2.75, 3.05) is 39.3 Å². The lowest BCUT2D eigenvalue weighted by atomic mass is 10.2. The Balaban J connectivity index is 1.39. The molecular weight excluding hydrogens is 400 g/mol. The first kappa shape index (κ1) is 22.7. The van der Waals surface area contributed by atoms with Crippen molar-refractivity contribution in [1.29, 1.82) is 0 Å². The Morgan fingerprint density at radius 3 is 2.26 bits per heavy atom. The number of likely N-dealkylation sites (tertiary alicyclic amines) is 1. The molecule has 2 heterocycles. The zero-order chi connectivity index (χ0) is 22.4. The monoisotopic (exact) mass is 432 g/mol. The number of alkyl carbamates (subject to hydrolysis) is 1. The van der Waals surface area contributed by atoms with Crippen LogP contribution in [0.15, 0.2) is 30.3 Å². The molecule has 9 nitrogen and oxygen atoms in total. The van der Waals surface area contributed by atoms with Crippen LogP contribution in [0.1, 0.15) is 32.8 Å². The Labute approximate surface area is 183 Å². The lowest BCUT2D eigenvalue weighted by Crippen LogP contribution is -2.54. The van der Waals surface area contributed by atoms with E-state index in [1.807, 2.05) is 51.1 Å². The molecular formula is C22H32N4O5. The Morgan fingerprint density at radius 2 is 1.61 bits per heavy atom. The highest BCUT2D eigenvalue weighted by Crippen LogP contribution is 2.15. The Morgan fingerprint density at radius 1 is 0.968 bits per heavy atom. The topological polar surface area (TPSA) is 91.4 Å². The van der Waals surface area contributed by atoms with Gasteiger partial charge >= 0.3 is 18.2 Å². The number of urea groups is 1. The van der Waals surface area contributed by atoms with Gasteiger partial charge in [0.05, 0.1) is 6.04 Å². The van der Waals surface area contributed by atoms with Crippen molar-refractivity contribution in [3.8, 4) is 0 Å². The minimum Gasteiger partial charge on any atom is -0.445 e. The Bertz CT molecular complexity index is 772. The predicted molar refractivity (Wildman–Crippen MR) is 115 cm³/mol. The molecule has 0 unspecified atom stereocenters. The first-order valence-electron chi connectivity index (χ1n) is 10.7. The number of rotatable bonds is 3. The molecule has 170 valence electrons. The van der Waals surface area contributed by atoms with Crippen LogP contribution < -0.4 is 5.32 Å². The summed E-state index contributed by atoms with van der Waals surface area (Å²) in [5.74, 6) is 0. The molecule has 0 aromatic heterocycles. The summed E-state index contributed by atoms with van der Waals surface area (Å²) in [6.07, 6.45) is -0.135. The van der Waals surface area contributed by atoms with Gasteiger partial charge < -0.3 is 29.5 Å². The fourth-order valence-electron chi connectivity index (χ4n) is 3.62. The number of nitrogens with zero attached hydrogens (tertiary/aromatic N) is 3. The zero-order valence-corrected chi connectivity index (χ0v) is 18.5. The number of carbonyl (C=O) groups is 3.